The molecule has 0 bridgehead atoms. The van der Waals surface area contributed by atoms with E-state index < -0.39 is 66.3 Å². The van der Waals surface area contributed by atoms with Crippen LogP contribution >= 0.6 is 0 Å². The van der Waals surface area contributed by atoms with Gasteiger partial charge in [-0.25, -0.2) is 4.79 Å². The van der Waals surface area contributed by atoms with Gasteiger partial charge in [0.25, 0.3) is 0 Å². The quantitative estimate of drug-likeness (QED) is 0.0464. The number of unbranched alkanes of at least 4 members (excludes halogenated alkanes) is 11. The zero-order valence-corrected chi connectivity index (χ0v) is 37.4. The molecule has 0 radical (unpaired) electrons. The van der Waals surface area contributed by atoms with Crippen LogP contribution in [-0.4, -0.2) is 93.5 Å². The zero-order chi connectivity index (χ0) is 46.6. The highest BCUT2D eigenvalue weighted by Crippen LogP contribution is 2.14. The van der Waals surface area contributed by atoms with Gasteiger partial charge >= 0.3 is 5.97 Å². The summed E-state index contributed by atoms with van der Waals surface area (Å²) in [5, 5.41) is 42.6. The summed E-state index contributed by atoms with van der Waals surface area (Å²) in [5.74, 6) is -4.28. The summed E-state index contributed by atoms with van der Waals surface area (Å²) in [6.45, 7) is 5.64. The number of aliphatic hydroxyl groups is 1. The molecule has 5 atom stereocenters. The van der Waals surface area contributed by atoms with E-state index in [0.717, 1.165) is 69.8 Å². The van der Waals surface area contributed by atoms with E-state index in [2.05, 4.69) is 26.6 Å². The number of hydrogen-bond acceptors (Lipinski definition) is 9. The maximum Gasteiger partial charge on any atom is 0.326 e. The van der Waals surface area contributed by atoms with E-state index in [1.807, 2.05) is 13.8 Å². The molecule has 350 valence electrons. The number of nitrogens with one attached hydrogen (secondary N) is 5. The van der Waals surface area contributed by atoms with Crippen LogP contribution in [0.1, 0.15) is 135 Å². The monoisotopic (exact) mass is 881 g/mol. The van der Waals surface area contributed by atoms with Gasteiger partial charge in [-0.05, 0) is 61.8 Å². The van der Waals surface area contributed by atoms with E-state index in [9.17, 15) is 48.9 Å². The Hall–Kier alpha value is -5.51. The van der Waals surface area contributed by atoms with Crippen molar-refractivity contribution in [1.82, 2.24) is 26.6 Å². The Kier molecular flexibility index (Phi) is 26.0. The molecule has 0 saturated heterocycles. The second-order valence-corrected chi connectivity index (χ2v) is 16.8. The van der Waals surface area contributed by atoms with Crippen molar-refractivity contribution >= 4 is 41.4 Å². The average Bonchev–Trinajstić information content (AvgIpc) is 3.22. The number of carboxylic acid groups (broad SMARTS) is 1. The summed E-state index contributed by atoms with van der Waals surface area (Å²) in [5.41, 5.74) is 6.95. The molecule has 0 spiro atoms. The molecule has 63 heavy (non-hydrogen) atoms. The molecule has 6 amide bonds. The van der Waals surface area contributed by atoms with Crippen molar-refractivity contribution in [3.05, 3.63) is 65.7 Å². The van der Waals surface area contributed by atoms with Crippen LogP contribution in [0.4, 0.5) is 0 Å². The number of aromatic hydroxyl groups is 1. The Bertz CT molecular complexity index is 1710. The van der Waals surface area contributed by atoms with Gasteiger partial charge < -0.3 is 47.6 Å². The topological polar surface area (TPSA) is 266 Å². The van der Waals surface area contributed by atoms with Crippen LogP contribution in [0.5, 0.6) is 5.75 Å². The fraction of sp³-hybridized carbons (Fsp3) is 0.596. The first-order valence-electron chi connectivity index (χ1n) is 22.5. The highest BCUT2D eigenvalue weighted by Gasteiger charge is 2.31. The maximum absolute atomic E-state index is 13.2. The van der Waals surface area contributed by atoms with Gasteiger partial charge in [0.05, 0.1) is 12.5 Å². The molecule has 0 aromatic heterocycles. The van der Waals surface area contributed by atoms with Crippen LogP contribution in [0.15, 0.2) is 54.6 Å². The van der Waals surface area contributed by atoms with Crippen LogP contribution in [0.3, 0.4) is 0 Å². The van der Waals surface area contributed by atoms with Gasteiger partial charge in [0, 0.05) is 25.8 Å². The first-order valence-corrected chi connectivity index (χ1v) is 22.5. The summed E-state index contributed by atoms with van der Waals surface area (Å²) < 4.78 is 0. The van der Waals surface area contributed by atoms with Gasteiger partial charge in [0.1, 0.15) is 29.9 Å². The highest BCUT2D eigenvalue weighted by atomic mass is 16.4. The highest BCUT2D eigenvalue weighted by molar-refractivity contribution is 5.94. The van der Waals surface area contributed by atoms with Crippen molar-refractivity contribution in [2.45, 2.75) is 167 Å². The number of amides is 6. The van der Waals surface area contributed by atoms with Gasteiger partial charge in [0.2, 0.25) is 35.4 Å². The van der Waals surface area contributed by atoms with E-state index in [0.29, 0.717) is 37.8 Å². The molecule has 2 rings (SSSR count). The van der Waals surface area contributed by atoms with Crippen LogP contribution in [0.2, 0.25) is 0 Å². The predicted molar refractivity (Wildman–Crippen MR) is 240 cm³/mol. The number of primary amides is 1. The van der Waals surface area contributed by atoms with Crippen LogP contribution in [0.25, 0.3) is 0 Å². The minimum absolute atomic E-state index is 0.0390. The van der Waals surface area contributed by atoms with E-state index in [1.54, 1.807) is 54.6 Å². The number of carbonyl (C=O) groups is 7. The summed E-state index contributed by atoms with van der Waals surface area (Å²) in [7, 11) is 0. The van der Waals surface area contributed by atoms with Crippen molar-refractivity contribution < 1.29 is 48.9 Å². The van der Waals surface area contributed by atoms with Gasteiger partial charge in [-0.15, -0.1) is 0 Å². The van der Waals surface area contributed by atoms with Crippen molar-refractivity contribution in [3.8, 4) is 5.75 Å². The SMILES string of the molecule is CC(C)C[C@@H](NC(=O)[C@H](NC(=O)CCCCCCCCCCCCCCC(=O)N[C@H](CC(N)=O)C(=O)N[C@@H](Cc1ccccc1)C(=O)O)C(C)O)C(=O)NCCc1ccc(O)cc1. The number of rotatable bonds is 33. The zero-order valence-electron chi connectivity index (χ0n) is 37.4. The number of benzene rings is 2. The molecule has 2 aromatic rings. The van der Waals surface area contributed by atoms with Crippen LogP contribution < -0.4 is 32.3 Å². The Balaban J connectivity index is 1.57. The smallest absolute Gasteiger partial charge is 0.326 e. The second-order valence-electron chi connectivity index (χ2n) is 16.8. The van der Waals surface area contributed by atoms with Crippen molar-refractivity contribution in [2.75, 3.05) is 6.54 Å². The summed E-state index contributed by atoms with van der Waals surface area (Å²) >= 11 is 0. The maximum atomic E-state index is 13.2. The molecule has 2 aromatic carbocycles. The summed E-state index contributed by atoms with van der Waals surface area (Å²) in [6, 6.07) is 10.9. The third-order valence-electron chi connectivity index (χ3n) is 10.6. The lowest BCUT2D eigenvalue weighted by atomic mass is 10.0. The fourth-order valence-electron chi connectivity index (χ4n) is 7.07. The van der Waals surface area contributed by atoms with Gasteiger partial charge in [-0.1, -0.05) is 121 Å². The minimum Gasteiger partial charge on any atom is -0.508 e. The first kappa shape index (κ1) is 53.6. The summed E-state index contributed by atoms with van der Waals surface area (Å²) in [4.78, 5) is 87.8. The summed E-state index contributed by atoms with van der Waals surface area (Å²) in [6.07, 6.45) is 11.0. The standard InChI is InChI=1S/C47H72N6O10/c1-32(2)29-37(44(59)49-28-27-34-23-25-36(55)26-24-34)51-46(61)43(33(3)54)53-42(58)22-18-13-11-9-7-5-4-6-8-10-12-17-21-41(57)50-38(31-40(48)56)45(60)52-39(47(62)63)30-35-19-15-14-16-20-35/h14-16,19-20,23-26,32-33,37-39,43,54-55H,4-13,17-18,21-22,27-31H2,1-3H3,(H2,48,56)(H,49,59)(H,50,57)(H,51,61)(H,52,60)(H,53,58)(H,62,63)/t33?,37-,38-,39+,43-/m1/s1. The Labute approximate surface area is 372 Å². The van der Waals surface area contributed by atoms with Gasteiger partial charge in [-0.3, -0.25) is 28.8 Å². The lowest BCUT2D eigenvalue weighted by Gasteiger charge is -2.25. The second kappa shape index (κ2) is 30.5. The van der Waals surface area contributed by atoms with Gasteiger partial charge in [-0.2, -0.15) is 0 Å². The molecule has 0 saturated carbocycles. The van der Waals surface area contributed by atoms with Crippen LogP contribution in [0, 0.1) is 5.92 Å². The van der Waals surface area contributed by atoms with Crippen LogP contribution in [-0.2, 0) is 46.4 Å². The Morgan fingerprint density at radius 3 is 1.59 bits per heavy atom. The molecule has 10 N–H and O–H groups in total. The number of aliphatic carboxylic acids is 1. The Morgan fingerprint density at radius 1 is 0.587 bits per heavy atom. The molecule has 0 aliphatic rings. The van der Waals surface area contributed by atoms with E-state index in [1.165, 1.54) is 6.92 Å². The first-order chi connectivity index (χ1) is 30.0. The number of carboxylic acids is 1. The van der Waals surface area contributed by atoms with Crippen molar-refractivity contribution in [3.63, 3.8) is 0 Å². The lowest BCUT2D eigenvalue weighted by Crippen LogP contribution is -2.57. The lowest BCUT2D eigenvalue weighted by molar-refractivity contribution is -0.142. The van der Waals surface area contributed by atoms with E-state index >= 15 is 0 Å². The number of phenolic OH excluding ortho intramolecular Hbond substituents is 1. The number of aliphatic hydroxyl groups excluding tert-OH is 1. The number of nitrogens with two attached hydrogens (primary N) is 1. The normalized spacial score (nSPS) is 13.5. The molecule has 16 heteroatoms. The largest absolute Gasteiger partial charge is 0.508 e. The third kappa shape index (κ3) is 24.1. The Morgan fingerprint density at radius 2 is 1.10 bits per heavy atom. The number of carbonyl (C=O) groups excluding carboxylic acids is 6. The molecule has 0 aliphatic heterocycles. The van der Waals surface area contributed by atoms with Crippen molar-refractivity contribution in [1.29, 1.82) is 0 Å². The van der Waals surface area contributed by atoms with Crippen molar-refractivity contribution in [2.24, 2.45) is 11.7 Å². The fourth-order valence-corrected chi connectivity index (χ4v) is 7.07. The molecule has 0 aliphatic carbocycles. The van der Waals surface area contributed by atoms with Gasteiger partial charge in [0.15, 0.2) is 0 Å². The molecule has 0 heterocycles. The third-order valence-corrected chi connectivity index (χ3v) is 10.6. The number of hydrogen-bond donors (Lipinski definition) is 9. The predicted octanol–water partition coefficient (Wildman–Crippen LogP) is 4.08. The molecule has 1 unspecified atom stereocenters. The minimum atomic E-state index is -1.27. The molecular formula is C47H72N6O10. The van der Waals surface area contributed by atoms with E-state index in [4.69, 9.17) is 5.73 Å². The number of phenols is 1. The molecular weight excluding hydrogens is 809 g/mol. The molecule has 0 fully saturated rings. The van der Waals surface area contributed by atoms with E-state index in [-0.39, 0.29) is 42.7 Å². The molecule has 16 nitrogen and oxygen atoms in total. The average molecular weight is 881 g/mol.